The molecule has 3 rings (SSSR count). The Labute approximate surface area is 152 Å². The van der Waals surface area contributed by atoms with Crippen LogP contribution in [0.2, 0.25) is 0 Å². The van der Waals surface area contributed by atoms with Crippen molar-refractivity contribution in [3.8, 4) is 11.5 Å². The number of nitrogens with one attached hydrogen (secondary N) is 2. The minimum Gasteiger partial charge on any atom is -0.454 e. The van der Waals surface area contributed by atoms with Gasteiger partial charge in [0.1, 0.15) is 6.54 Å². The van der Waals surface area contributed by atoms with Gasteiger partial charge in [-0.3, -0.25) is 4.79 Å². The van der Waals surface area contributed by atoms with Crippen LogP contribution >= 0.6 is 11.8 Å². The van der Waals surface area contributed by atoms with Crippen LogP contribution in [-0.4, -0.2) is 32.5 Å². The van der Waals surface area contributed by atoms with Crippen LogP contribution < -0.4 is 19.7 Å². The summed E-state index contributed by atoms with van der Waals surface area (Å²) < 4.78 is 10.6. The lowest BCUT2D eigenvalue weighted by atomic mass is 10.2. The Balaban J connectivity index is 1.45. The van der Waals surface area contributed by atoms with Crippen molar-refractivity contribution in [1.29, 1.82) is 0 Å². The number of amides is 1. The summed E-state index contributed by atoms with van der Waals surface area (Å²) in [5, 5.41) is 2.97. The third-order valence-corrected chi connectivity index (χ3v) is 4.80. The largest absolute Gasteiger partial charge is 0.454 e. The number of fused-ring (bicyclic) bond motifs is 1. The fourth-order valence-corrected chi connectivity index (χ4v) is 3.15. The summed E-state index contributed by atoms with van der Waals surface area (Å²) in [4.78, 5) is 14.6. The van der Waals surface area contributed by atoms with Crippen molar-refractivity contribution in [2.45, 2.75) is 18.0 Å². The van der Waals surface area contributed by atoms with Gasteiger partial charge in [-0.1, -0.05) is 18.2 Å². The molecule has 0 fully saturated rings. The van der Waals surface area contributed by atoms with E-state index in [0.717, 1.165) is 28.5 Å². The second-order valence-electron chi connectivity index (χ2n) is 6.12. The number of ether oxygens (including phenoxy) is 2. The van der Waals surface area contributed by atoms with Crippen LogP contribution in [0.25, 0.3) is 0 Å². The smallest absolute Gasteiger partial charge is 0.275 e. The molecule has 0 saturated carbocycles. The van der Waals surface area contributed by atoms with Crippen molar-refractivity contribution < 1.29 is 19.2 Å². The zero-order chi connectivity index (χ0) is 17.6. The summed E-state index contributed by atoms with van der Waals surface area (Å²) in [6.45, 7) is 2.02. The average Bonchev–Trinajstić information content (AvgIpc) is 3.08. The second-order valence-corrected chi connectivity index (χ2v) is 7.00. The molecule has 25 heavy (non-hydrogen) atoms. The SMILES string of the molecule is CSc1ccc(C[NH+](C)CC(=O)NCc2ccc3c(c2)OCO3)cc1. The molecule has 2 aromatic carbocycles. The van der Waals surface area contributed by atoms with E-state index >= 15 is 0 Å². The number of hydrogen-bond donors (Lipinski definition) is 2. The summed E-state index contributed by atoms with van der Waals surface area (Å²) in [5.74, 6) is 1.53. The molecule has 2 N–H and O–H groups in total. The van der Waals surface area contributed by atoms with Gasteiger partial charge in [-0.15, -0.1) is 11.8 Å². The standard InChI is InChI=1S/C19H22N2O3S/c1-21(11-14-3-6-16(25-2)7-4-14)12-19(22)20-10-15-5-8-17-18(9-15)24-13-23-17/h3-9H,10-13H2,1-2H3,(H,20,22)/p+1. The number of likely N-dealkylation sites (N-methyl/N-ethyl adjacent to an activating group) is 1. The van der Waals surface area contributed by atoms with E-state index in [-0.39, 0.29) is 12.7 Å². The van der Waals surface area contributed by atoms with Crippen molar-refractivity contribution in [3.63, 3.8) is 0 Å². The van der Waals surface area contributed by atoms with Crippen molar-refractivity contribution in [2.75, 3.05) is 26.6 Å². The van der Waals surface area contributed by atoms with Crippen LogP contribution in [-0.2, 0) is 17.9 Å². The van der Waals surface area contributed by atoms with E-state index < -0.39 is 0 Å². The van der Waals surface area contributed by atoms with Gasteiger partial charge in [0.2, 0.25) is 6.79 Å². The lowest BCUT2D eigenvalue weighted by molar-refractivity contribution is -0.885. The van der Waals surface area contributed by atoms with Crippen LogP contribution in [0.5, 0.6) is 11.5 Å². The monoisotopic (exact) mass is 359 g/mol. The van der Waals surface area contributed by atoms with Gasteiger partial charge in [0.15, 0.2) is 18.0 Å². The first-order valence-corrected chi connectivity index (χ1v) is 9.46. The van der Waals surface area contributed by atoms with Gasteiger partial charge in [-0.05, 0) is 36.1 Å². The number of carbonyl (C=O) groups excluding carboxylic acids is 1. The zero-order valence-corrected chi connectivity index (χ0v) is 15.3. The van der Waals surface area contributed by atoms with Crippen molar-refractivity contribution in [1.82, 2.24) is 5.32 Å². The molecule has 0 bridgehead atoms. The van der Waals surface area contributed by atoms with Gasteiger partial charge in [0.25, 0.3) is 5.91 Å². The molecule has 1 unspecified atom stereocenters. The normalized spacial score (nSPS) is 13.5. The molecule has 1 heterocycles. The highest BCUT2D eigenvalue weighted by Gasteiger charge is 2.14. The molecule has 0 radical (unpaired) electrons. The topological polar surface area (TPSA) is 52.0 Å². The van der Waals surface area contributed by atoms with Gasteiger partial charge in [0, 0.05) is 17.0 Å². The van der Waals surface area contributed by atoms with E-state index in [0.29, 0.717) is 13.1 Å². The van der Waals surface area contributed by atoms with E-state index in [1.165, 1.54) is 10.5 Å². The summed E-state index contributed by atoms with van der Waals surface area (Å²) >= 11 is 1.73. The molecular weight excluding hydrogens is 336 g/mol. The highest BCUT2D eigenvalue weighted by Crippen LogP contribution is 2.32. The third kappa shape index (κ3) is 4.90. The number of carbonyl (C=O) groups is 1. The van der Waals surface area contributed by atoms with E-state index in [2.05, 4.69) is 35.8 Å². The first-order valence-electron chi connectivity index (χ1n) is 8.23. The van der Waals surface area contributed by atoms with Crippen LogP contribution in [0.3, 0.4) is 0 Å². The van der Waals surface area contributed by atoms with E-state index in [1.54, 1.807) is 11.8 Å². The van der Waals surface area contributed by atoms with Crippen molar-refractivity contribution in [2.24, 2.45) is 0 Å². The molecule has 1 aliphatic heterocycles. The number of hydrogen-bond acceptors (Lipinski definition) is 4. The average molecular weight is 359 g/mol. The zero-order valence-electron chi connectivity index (χ0n) is 14.5. The number of rotatable bonds is 7. The van der Waals surface area contributed by atoms with Crippen LogP contribution in [0, 0.1) is 0 Å². The number of benzene rings is 2. The van der Waals surface area contributed by atoms with Crippen LogP contribution in [0.4, 0.5) is 0 Å². The Morgan fingerprint density at radius 3 is 2.60 bits per heavy atom. The molecule has 1 aliphatic rings. The molecule has 0 aliphatic carbocycles. The molecule has 2 aromatic rings. The second kappa shape index (κ2) is 8.27. The molecule has 132 valence electrons. The molecule has 1 atom stereocenters. The molecule has 1 amide bonds. The van der Waals surface area contributed by atoms with Crippen molar-refractivity contribution >= 4 is 17.7 Å². The van der Waals surface area contributed by atoms with E-state index in [1.807, 2.05) is 25.2 Å². The third-order valence-electron chi connectivity index (χ3n) is 4.05. The molecule has 0 spiro atoms. The predicted molar refractivity (Wildman–Crippen MR) is 98.1 cm³/mol. The highest BCUT2D eigenvalue weighted by molar-refractivity contribution is 7.98. The first-order chi connectivity index (χ1) is 12.1. The molecule has 5 nitrogen and oxygen atoms in total. The lowest BCUT2D eigenvalue weighted by Gasteiger charge is -2.14. The Hall–Kier alpha value is -2.18. The highest BCUT2D eigenvalue weighted by atomic mass is 32.2. The number of quaternary nitrogens is 1. The quantitative estimate of drug-likeness (QED) is 0.735. The van der Waals surface area contributed by atoms with Crippen LogP contribution in [0.1, 0.15) is 11.1 Å². The van der Waals surface area contributed by atoms with Gasteiger partial charge < -0.3 is 19.7 Å². The summed E-state index contributed by atoms with van der Waals surface area (Å²) in [6, 6.07) is 14.2. The summed E-state index contributed by atoms with van der Waals surface area (Å²) in [6.07, 6.45) is 2.07. The summed E-state index contributed by atoms with van der Waals surface area (Å²) in [7, 11) is 2.03. The minimum absolute atomic E-state index is 0.0379. The molecule has 0 saturated heterocycles. The van der Waals surface area contributed by atoms with Gasteiger partial charge >= 0.3 is 0 Å². The van der Waals surface area contributed by atoms with E-state index in [9.17, 15) is 4.79 Å². The van der Waals surface area contributed by atoms with E-state index in [4.69, 9.17) is 9.47 Å². The predicted octanol–water partition coefficient (Wildman–Crippen LogP) is 1.47. The van der Waals surface area contributed by atoms with Gasteiger partial charge in [-0.25, -0.2) is 0 Å². The fraction of sp³-hybridized carbons (Fsp3) is 0.316. The first kappa shape index (κ1) is 17.6. The Morgan fingerprint density at radius 2 is 1.84 bits per heavy atom. The Bertz CT molecular complexity index is 734. The maximum Gasteiger partial charge on any atom is 0.275 e. The fourth-order valence-electron chi connectivity index (χ4n) is 2.74. The molecule has 0 aromatic heterocycles. The number of thioether (sulfide) groups is 1. The Kier molecular flexibility index (Phi) is 5.83. The molecular formula is C19H23N2O3S+. The summed E-state index contributed by atoms with van der Waals surface area (Å²) in [5.41, 5.74) is 2.24. The maximum absolute atomic E-state index is 12.2. The maximum atomic E-state index is 12.2. The molecule has 6 heteroatoms. The van der Waals surface area contributed by atoms with Gasteiger partial charge in [-0.2, -0.15) is 0 Å². The minimum atomic E-state index is 0.0379. The van der Waals surface area contributed by atoms with Gasteiger partial charge in [0.05, 0.1) is 7.05 Å². The lowest BCUT2D eigenvalue weighted by Crippen LogP contribution is -3.08. The van der Waals surface area contributed by atoms with Crippen LogP contribution in [0.15, 0.2) is 47.4 Å². The van der Waals surface area contributed by atoms with Crippen molar-refractivity contribution in [3.05, 3.63) is 53.6 Å². The Morgan fingerprint density at radius 1 is 1.12 bits per heavy atom.